The normalized spacial score (nSPS) is 12.1. The fourth-order valence-electron chi connectivity index (χ4n) is 1.82. The lowest BCUT2D eigenvalue weighted by Crippen LogP contribution is -2.13. The summed E-state index contributed by atoms with van der Waals surface area (Å²) in [5.41, 5.74) is 0.894. The lowest BCUT2D eigenvalue weighted by molar-refractivity contribution is 0.102. The first-order chi connectivity index (χ1) is 9.76. The number of amides is 1. The molecule has 1 aromatic heterocycles. The summed E-state index contributed by atoms with van der Waals surface area (Å²) >= 11 is 0. The van der Waals surface area contributed by atoms with Crippen molar-refractivity contribution in [2.24, 2.45) is 0 Å². The summed E-state index contributed by atoms with van der Waals surface area (Å²) in [6.07, 6.45) is 0. The molecule has 0 fully saturated rings. The number of rotatable bonds is 3. The van der Waals surface area contributed by atoms with Crippen LogP contribution in [0.25, 0.3) is 0 Å². The van der Waals surface area contributed by atoms with E-state index in [1.165, 1.54) is 7.11 Å². The number of nitrogens with one attached hydrogen (secondary N) is 1. The van der Waals surface area contributed by atoms with Crippen molar-refractivity contribution in [1.82, 2.24) is 4.98 Å². The van der Waals surface area contributed by atoms with Crippen LogP contribution >= 0.6 is 0 Å². The van der Waals surface area contributed by atoms with Crippen LogP contribution in [0.5, 0.6) is 17.4 Å². The van der Waals surface area contributed by atoms with Gasteiger partial charge in [-0.05, 0) is 18.2 Å². The second kappa shape index (κ2) is 5.08. The molecule has 0 atom stereocenters. The van der Waals surface area contributed by atoms with E-state index in [4.69, 9.17) is 14.2 Å². The fraction of sp³-hybridized carbons (Fsp3) is 0.143. The zero-order chi connectivity index (χ0) is 13.9. The van der Waals surface area contributed by atoms with Crippen molar-refractivity contribution in [1.29, 1.82) is 0 Å². The number of methoxy groups -OCH3 is 1. The highest BCUT2D eigenvalue weighted by Gasteiger charge is 2.15. The van der Waals surface area contributed by atoms with E-state index in [9.17, 15) is 4.79 Å². The van der Waals surface area contributed by atoms with Crippen molar-refractivity contribution < 1.29 is 19.0 Å². The van der Waals surface area contributed by atoms with E-state index < -0.39 is 0 Å². The van der Waals surface area contributed by atoms with Crippen molar-refractivity contribution in [3.05, 3.63) is 42.1 Å². The summed E-state index contributed by atoms with van der Waals surface area (Å²) in [5.74, 6) is 1.36. The molecule has 1 aliphatic rings. The highest BCUT2D eigenvalue weighted by molar-refractivity contribution is 6.03. The number of fused-ring (bicyclic) bond motifs is 1. The Morgan fingerprint density at radius 2 is 2.10 bits per heavy atom. The second-order valence-corrected chi connectivity index (χ2v) is 4.09. The number of nitrogens with zero attached hydrogens (tertiary/aromatic N) is 1. The Morgan fingerprint density at radius 3 is 2.95 bits per heavy atom. The molecule has 2 aromatic rings. The van der Waals surface area contributed by atoms with E-state index in [0.717, 1.165) is 0 Å². The predicted octanol–water partition coefficient (Wildman–Crippen LogP) is 2.07. The van der Waals surface area contributed by atoms with Crippen LogP contribution in [0.3, 0.4) is 0 Å². The van der Waals surface area contributed by atoms with Gasteiger partial charge in [0.15, 0.2) is 11.5 Å². The minimum absolute atomic E-state index is 0.199. The lowest BCUT2D eigenvalue weighted by Gasteiger charge is -2.06. The molecule has 0 aliphatic carbocycles. The first-order valence-electron chi connectivity index (χ1n) is 5.98. The van der Waals surface area contributed by atoms with Crippen LogP contribution in [0, 0.1) is 0 Å². The summed E-state index contributed by atoms with van der Waals surface area (Å²) in [4.78, 5) is 16.2. The minimum Gasteiger partial charge on any atom is -0.481 e. The molecule has 1 aliphatic heterocycles. The second-order valence-electron chi connectivity index (χ2n) is 4.09. The number of pyridine rings is 1. The largest absolute Gasteiger partial charge is 0.481 e. The third-order valence-electron chi connectivity index (χ3n) is 2.80. The molecule has 0 saturated heterocycles. The Balaban J connectivity index is 1.78. The van der Waals surface area contributed by atoms with Gasteiger partial charge in [-0.2, -0.15) is 0 Å². The predicted molar refractivity (Wildman–Crippen MR) is 71.3 cm³/mol. The number of ether oxygens (including phenoxy) is 3. The van der Waals surface area contributed by atoms with Crippen LogP contribution in [-0.4, -0.2) is 24.8 Å². The lowest BCUT2D eigenvalue weighted by atomic mass is 10.2. The smallest absolute Gasteiger partial charge is 0.274 e. The SMILES string of the molecule is COc1cccc(C(=O)Nc2ccc3c(c2)OCO3)n1. The number of hydrogen-bond acceptors (Lipinski definition) is 5. The molecule has 6 heteroatoms. The zero-order valence-electron chi connectivity index (χ0n) is 10.8. The Bertz CT molecular complexity index is 657. The van der Waals surface area contributed by atoms with Crippen molar-refractivity contribution in [3.8, 4) is 17.4 Å². The Hall–Kier alpha value is -2.76. The van der Waals surface area contributed by atoms with E-state index in [1.807, 2.05) is 0 Å². The highest BCUT2D eigenvalue weighted by Crippen LogP contribution is 2.34. The molecule has 0 saturated carbocycles. The molecule has 0 radical (unpaired) electrons. The molecule has 1 aromatic carbocycles. The van der Waals surface area contributed by atoms with Gasteiger partial charge in [-0.25, -0.2) is 4.98 Å². The van der Waals surface area contributed by atoms with Gasteiger partial charge in [0.1, 0.15) is 5.69 Å². The van der Waals surface area contributed by atoms with Gasteiger partial charge in [0.2, 0.25) is 12.7 Å². The average molecular weight is 272 g/mol. The maximum atomic E-state index is 12.1. The molecule has 0 spiro atoms. The summed E-state index contributed by atoms with van der Waals surface area (Å²) in [7, 11) is 1.50. The minimum atomic E-state index is -0.317. The topological polar surface area (TPSA) is 69.7 Å². The zero-order valence-corrected chi connectivity index (χ0v) is 10.8. The summed E-state index contributed by atoms with van der Waals surface area (Å²) in [6, 6.07) is 10.2. The summed E-state index contributed by atoms with van der Waals surface area (Å²) in [5, 5.41) is 2.75. The quantitative estimate of drug-likeness (QED) is 0.926. The van der Waals surface area contributed by atoms with E-state index in [1.54, 1.807) is 36.4 Å². The van der Waals surface area contributed by atoms with E-state index >= 15 is 0 Å². The molecule has 6 nitrogen and oxygen atoms in total. The highest BCUT2D eigenvalue weighted by atomic mass is 16.7. The Morgan fingerprint density at radius 1 is 1.25 bits per heavy atom. The van der Waals surface area contributed by atoms with Crippen LogP contribution in [0.15, 0.2) is 36.4 Å². The van der Waals surface area contributed by atoms with Crippen molar-refractivity contribution in [3.63, 3.8) is 0 Å². The number of carbonyl (C=O) groups is 1. The fourth-order valence-corrected chi connectivity index (χ4v) is 1.82. The number of anilines is 1. The van der Waals surface area contributed by atoms with Crippen LogP contribution in [0.4, 0.5) is 5.69 Å². The van der Waals surface area contributed by atoms with Crippen molar-refractivity contribution in [2.45, 2.75) is 0 Å². The average Bonchev–Trinajstić information content (AvgIpc) is 2.95. The first kappa shape index (κ1) is 12.3. The van der Waals surface area contributed by atoms with Gasteiger partial charge in [0, 0.05) is 17.8 Å². The van der Waals surface area contributed by atoms with E-state index in [0.29, 0.717) is 23.1 Å². The molecular weight excluding hydrogens is 260 g/mol. The van der Waals surface area contributed by atoms with Crippen molar-refractivity contribution >= 4 is 11.6 Å². The number of aromatic nitrogens is 1. The Kier molecular flexibility index (Phi) is 3.12. The molecule has 1 N–H and O–H groups in total. The van der Waals surface area contributed by atoms with Gasteiger partial charge in [0.25, 0.3) is 5.91 Å². The van der Waals surface area contributed by atoms with Crippen LogP contribution < -0.4 is 19.5 Å². The molecule has 1 amide bonds. The van der Waals surface area contributed by atoms with Gasteiger partial charge < -0.3 is 19.5 Å². The van der Waals surface area contributed by atoms with Gasteiger partial charge in [-0.1, -0.05) is 6.07 Å². The third kappa shape index (κ3) is 2.35. The summed E-state index contributed by atoms with van der Waals surface area (Å²) < 4.78 is 15.5. The monoisotopic (exact) mass is 272 g/mol. The first-order valence-corrected chi connectivity index (χ1v) is 5.98. The Labute approximate surface area is 115 Å². The molecule has 0 unspecified atom stereocenters. The number of benzene rings is 1. The van der Waals surface area contributed by atoms with Gasteiger partial charge >= 0.3 is 0 Å². The van der Waals surface area contributed by atoms with Gasteiger partial charge in [-0.15, -0.1) is 0 Å². The van der Waals surface area contributed by atoms with Crippen LogP contribution in [0.1, 0.15) is 10.5 Å². The maximum absolute atomic E-state index is 12.1. The third-order valence-corrected chi connectivity index (χ3v) is 2.80. The van der Waals surface area contributed by atoms with E-state index in [2.05, 4.69) is 10.3 Å². The van der Waals surface area contributed by atoms with Crippen LogP contribution in [0.2, 0.25) is 0 Å². The molecule has 0 bridgehead atoms. The molecule has 102 valence electrons. The van der Waals surface area contributed by atoms with Gasteiger partial charge in [-0.3, -0.25) is 4.79 Å². The molecule has 3 rings (SSSR count). The van der Waals surface area contributed by atoms with Crippen LogP contribution in [-0.2, 0) is 0 Å². The molecular formula is C14H12N2O4. The maximum Gasteiger partial charge on any atom is 0.274 e. The number of carbonyl (C=O) groups excluding carboxylic acids is 1. The van der Waals surface area contributed by atoms with Crippen molar-refractivity contribution in [2.75, 3.05) is 19.2 Å². The van der Waals surface area contributed by atoms with E-state index in [-0.39, 0.29) is 18.4 Å². The standard InChI is InChI=1S/C14H12N2O4/c1-18-13-4-2-3-10(16-13)14(17)15-9-5-6-11-12(7-9)20-8-19-11/h2-7H,8H2,1H3,(H,15,17). The molecule has 2 heterocycles. The number of hydrogen-bond donors (Lipinski definition) is 1. The molecule has 20 heavy (non-hydrogen) atoms. The van der Waals surface area contributed by atoms with Gasteiger partial charge in [0.05, 0.1) is 7.11 Å². The summed E-state index contributed by atoms with van der Waals surface area (Å²) in [6.45, 7) is 0.199.